The van der Waals surface area contributed by atoms with Crippen LogP contribution in [0, 0.1) is 20.8 Å². The number of benzene rings is 1. The molecule has 0 fully saturated rings. The minimum Gasteiger partial charge on any atom is -0.360 e. The number of carbonyl (C=O) groups excluding carboxylic acids is 1. The number of para-hydroxylation sites is 2. The minimum absolute atomic E-state index is 0.0827. The van der Waals surface area contributed by atoms with Crippen molar-refractivity contribution >= 4 is 28.6 Å². The van der Waals surface area contributed by atoms with Gasteiger partial charge in [0.15, 0.2) is 16.8 Å². The van der Waals surface area contributed by atoms with Crippen molar-refractivity contribution in [2.24, 2.45) is 0 Å². The molecule has 4 rings (SSSR count). The summed E-state index contributed by atoms with van der Waals surface area (Å²) in [4.78, 5) is 17.6. The number of Topliss-reactive ketones (excluding diaryl/α,β-unsaturated/α-hetero) is 1. The van der Waals surface area contributed by atoms with Crippen LogP contribution in [0.3, 0.4) is 0 Å². The Bertz CT molecular complexity index is 1170. The third-order valence-electron chi connectivity index (χ3n) is 4.84. The number of imidazole rings is 1. The molecule has 7 heteroatoms. The van der Waals surface area contributed by atoms with Crippen LogP contribution in [-0.2, 0) is 6.54 Å². The SMILES string of the molecule is CCn1c(SCC(=O)c2cc(C)n(-c3cc(C)on3)c2C)nc2ccccc21. The molecule has 6 nitrogen and oxygen atoms in total. The first-order valence-electron chi connectivity index (χ1n) is 9.23. The number of hydrogen-bond donors (Lipinski definition) is 0. The Hall–Kier alpha value is -2.80. The van der Waals surface area contributed by atoms with E-state index >= 15 is 0 Å². The van der Waals surface area contributed by atoms with E-state index in [4.69, 9.17) is 9.51 Å². The summed E-state index contributed by atoms with van der Waals surface area (Å²) in [7, 11) is 0. The zero-order valence-electron chi connectivity index (χ0n) is 16.4. The molecule has 0 N–H and O–H groups in total. The highest BCUT2D eigenvalue weighted by atomic mass is 32.2. The zero-order chi connectivity index (χ0) is 19.8. The number of aromatic nitrogens is 4. The maximum Gasteiger partial charge on any atom is 0.180 e. The molecular formula is C21H22N4O2S. The van der Waals surface area contributed by atoms with E-state index in [0.29, 0.717) is 17.1 Å². The van der Waals surface area contributed by atoms with Gasteiger partial charge in [-0.25, -0.2) is 4.98 Å². The van der Waals surface area contributed by atoms with Gasteiger partial charge in [0.25, 0.3) is 0 Å². The van der Waals surface area contributed by atoms with Gasteiger partial charge < -0.3 is 9.09 Å². The van der Waals surface area contributed by atoms with Crippen molar-refractivity contribution < 1.29 is 9.32 Å². The van der Waals surface area contributed by atoms with Crippen LogP contribution in [0.1, 0.15) is 34.4 Å². The monoisotopic (exact) mass is 394 g/mol. The molecule has 0 unspecified atom stereocenters. The fourth-order valence-electron chi connectivity index (χ4n) is 3.53. The van der Waals surface area contributed by atoms with Gasteiger partial charge in [-0.15, -0.1) is 0 Å². The Morgan fingerprint density at radius 3 is 2.68 bits per heavy atom. The van der Waals surface area contributed by atoms with Gasteiger partial charge in [0.05, 0.1) is 16.8 Å². The van der Waals surface area contributed by atoms with Crippen LogP contribution in [0.5, 0.6) is 0 Å². The summed E-state index contributed by atoms with van der Waals surface area (Å²) in [6.45, 7) is 8.67. The maximum atomic E-state index is 12.9. The first kappa shape index (κ1) is 18.6. The van der Waals surface area contributed by atoms with Crippen molar-refractivity contribution in [3.05, 3.63) is 59.1 Å². The topological polar surface area (TPSA) is 65.8 Å². The largest absolute Gasteiger partial charge is 0.360 e. The molecule has 3 heterocycles. The van der Waals surface area contributed by atoms with Crippen molar-refractivity contribution in [1.82, 2.24) is 19.3 Å². The fraction of sp³-hybridized carbons (Fsp3) is 0.286. The summed E-state index contributed by atoms with van der Waals surface area (Å²) in [6, 6.07) is 11.8. The van der Waals surface area contributed by atoms with Gasteiger partial charge in [-0.05, 0) is 45.9 Å². The summed E-state index contributed by atoms with van der Waals surface area (Å²) >= 11 is 1.48. The van der Waals surface area contributed by atoms with Gasteiger partial charge in [-0.1, -0.05) is 29.1 Å². The van der Waals surface area contributed by atoms with E-state index in [-0.39, 0.29) is 5.78 Å². The van der Waals surface area contributed by atoms with Crippen molar-refractivity contribution in [3.63, 3.8) is 0 Å². The second-order valence-electron chi connectivity index (χ2n) is 6.76. The molecule has 0 aliphatic rings. The van der Waals surface area contributed by atoms with E-state index in [2.05, 4.69) is 22.7 Å². The number of rotatable bonds is 6. The van der Waals surface area contributed by atoms with Crippen molar-refractivity contribution in [1.29, 1.82) is 0 Å². The third kappa shape index (κ3) is 3.16. The van der Waals surface area contributed by atoms with Crippen LogP contribution < -0.4 is 0 Å². The van der Waals surface area contributed by atoms with Crippen LogP contribution in [0.2, 0.25) is 0 Å². The van der Waals surface area contributed by atoms with Crippen molar-refractivity contribution in [2.75, 3.05) is 5.75 Å². The molecule has 0 atom stereocenters. The molecule has 4 aromatic rings. The molecule has 144 valence electrons. The van der Waals surface area contributed by atoms with Crippen LogP contribution >= 0.6 is 11.8 Å². The molecule has 0 bridgehead atoms. The van der Waals surface area contributed by atoms with E-state index in [1.54, 1.807) is 0 Å². The van der Waals surface area contributed by atoms with Gasteiger partial charge in [-0.3, -0.25) is 9.36 Å². The van der Waals surface area contributed by atoms with E-state index < -0.39 is 0 Å². The smallest absolute Gasteiger partial charge is 0.180 e. The van der Waals surface area contributed by atoms with E-state index in [1.807, 2.05) is 55.7 Å². The maximum absolute atomic E-state index is 12.9. The van der Waals surface area contributed by atoms with Crippen molar-refractivity contribution in [3.8, 4) is 5.82 Å². The molecule has 0 radical (unpaired) electrons. The summed E-state index contributed by atoms with van der Waals surface area (Å²) in [5.74, 6) is 1.86. The third-order valence-corrected chi connectivity index (χ3v) is 5.82. The molecule has 0 amide bonds. The number of hydrogen-bond acceptors (Lipinski definition) is 5. The number of carbonyl (C=O) groups is 1. The highest BCUT2D eigenvalue weighted by molar-refractivity contribution is 7.99. The first-order chi connectivity index (χ1) is 13.5. The van der Waals surface area contributed by atoms with E-state index in [1.165, 1.54) is 11.8 Å². The van der Waals surface area contributed by atoms with Crippen LogP contribution in [0.15, 0.2) is 46.1 Å². The van der Waals surface area contributed by atoms with Crippen molar-refractivity contribution in [2.45, 2.75) is 39.4 Å². The molecule has 3 aromatic heterocycles. The summed E-state index contributed by atoms with van der Waals surface area (Å²) in [5, 5.41) is 4.95. The van der Waals surface area contributed by atoms with Gasteiger partial charge in [0, 0.05) is 29.6 Å². The second-order valence-corrected chi connectivity index (χ2v) is 7.70. The average molecular weight is 395 g/mol. The number of ketones is 1. The number of fused-ring (bicyclic) bond motifs is 1. The lowest BCUT2D eigenvalue weighted by atomic mass is 10.2. The van der Waals surface area contributed by atoms with E-state index in [0.717, 1.165) is 39.9 Å². The fourth-order valence-corrected chi connectivity index (χ4v) is 4.50. The van der Waals surface area contributed by atoms with Gasteiger partial charge in [0.1, 0.15) is 5.76 Å². The second kappa shape index (κ2) is 7.31. The molecule has 0 saturated heterocycles. The summed E-state index contributed by atoms with van der Waals surface area (Å²) < 4.78 is 9.29. The summed E-state index contributed by atoms with van der Waals surface area (Å²) in [6.07, 6.45) is 0. The summed E-state index contributed by atoms with van der Waals surface area (Å²) in [5.41, 5.74) is 4.60. The highest BCUT2D eigenvalue weighted by Gasteiger charge is 2.19. The number of aryl methyl sites for hydroxylation is 3. The molecule has 0 aliphatic heterocycles. The Balaban J connectivity index is 1.58. The Morgan fingerprint density at radius 2 is 1.96 bits per heavy atom. The molecule has 0 saturated carbocycles. The normalized spacial score (nSPS) is 11.4. The van der Waals surface area contributed by atoms with Gasteiger partial charge >= 0.3 is 0 Å². The molecule has 0 spiro atoms. The molecule has 28 heavy (non-hydrogen) atoms. The Kier molecular flexibility index (Phi) is 4.85. The molecule has 0 aliphatic carbocycles. The molecular weight excluding hydrogens is 372 g/mol. The quantitative estimate of drug-likeness (QED) is 0.349. The lowest BCUT2D eigenvalue weighted by Gasteiger charge is -2.06. The highest BCUT2D eigenvalue weighted by Crippen LogP contribution is 2.26. The van der Waals surface area contributed by atoms with Gasteiger partial charge in [-0.2, -0.15) is 0 Å². The predicted octanol–water partition coefficient (Wildman–Crippen LogP) is 4.74. The predicted molar refractivity (Wildman–Crippen MR) is 111 cm³/mol. The zero-order valence-corrected chi connectivity index (χ0v) is 17.2. The van der Waals surface area contributed by atoms with E-state index in [9.17, 15) is 4.79 Å². The lowest BCUT2D eigenvalue weighted by Crippen LogP contribution is -2.07. The first-order valence-corrected chi connectivity index (χ1v) is 10.2. The number of nitrogens with zero attached hydrogens (tertiary/aromatic N) is 4. The Morgan fingerprint density at radius 1 is 1.18 bits per heavy atom. The lowest BCUT2D eigenvalue weighted by molar-refractivity contribution is 0.102. The van der Waals surface area contributed by atoms with Crippen LogP contribution in [-0.4, -0.2) is 30.8 Å². The van der Waals surface area contributed by atoms with Crippen LogP contribution in [0.25, 0.3) is 16.9 Å². The standard InChI is InChI=1S/C21H22N4O2S/c1-5-24-18-9-7-6-8-17(18)22-21(24)28-12-19(26)16-10-13(2)25(15(16)4)20-11-14(3)27-23-20/h6-11H,5,12H2,1-4H3. The van der Waals surface area contributed by atoms with Gasteiger partial charge in [0.2, 0.25) is 0 Å². The average Bonchev–Trinajstić information content (AvgIpc) is 3.34. The molecule has 1 aromatic carbocycles. The number of thioether (sulfide) groups is 1. The minimum atomic E-state index is 0.0827. The van der Waals surface area contributed by atoms with Crippen LogP contribution in [0.4, 0.5) is 0 Å². The Labute approximate surface area is 167 Å².